The van der Waals surface area contributed by atoms with Crippen LogP contribution in [0.4, 0.5) is 0 Å². The number of nitrogens with zero attached hydrogens (tertiary/aromatic N) is 2. The lowest BCUT2D eigenvalue weighted by atomic mass is 10.2. The number of carbonyl (C=O) groups excluding carboxylic acids is 1. The molecule has 1 N–H and O–H groups in total. The monoisotopic (exact) mass is 349 g/mol. The van der Waals surface area contributed by atoms with Crippen LogP contribution < -0.4 is 4.74 Å². The Hall–Kier alpha value is -2.82. The fourth-order valence-corrected chi connectivity index (χ4v) is 3.53. The van der Waals surface area contributed by atoms with Crippen LogP contribution in [0.3, 0.4) is 0 Å². The fraction of sp³-hybridized carbons (Fsp3) is 0.333. The second-order valence-electron chi connectivity index (χ2n) is 6.67. The summed E-state index contributed by atoms with van der Waals surface area (Å²) in [6.07, 6.45) is 2.90. The number of amides is 1. The van der Waals surface area contributed by atoms with Gasteiger partial charge in [-0.2, -0.15) is 0 Å². The summed E-state index contributed by atoms with van der Waals surface area (Å²) < 4.78 is 5.70. The number of carbonyl (C=O) groups is 1. The van der Waals surface area contributed by atoms with Crippen LogP contribution >= 0.6 is 0 Å². The molecule has 3 aromatic rings. The summed E-state index contributed by atoms with van der Waals surface area (Å²) in [5, 5.41) is 0. The van der Waals surface area contributed by atoms with E-state index in [9.17, 15) is 4.79 Å². The summed E-state index contributed by atoms with van der Waals surface area (Å²) in [5.74, 6) is 1.60. The first-order valence-electron chi connectivity index (χ1n) is 9.20. The number of hydrogen-bond donors (Lipinski definition) is 1. The van der Waals surface area contributed by atoms with Gasteiger partial charge in [-0.1, -0.05) is 31.2 Å². The van der Waals surface area contributed by atoms with Gasteiger partial charge in [0, 0.05) is 6.54 Å². The predicted molar refractivity (Wildman–Crippen MR) is 101 cm³/mol. The molecule has 26 heavy (non-hydrogen) atoms. The van der Waals surface area contributed by atoms with Gasteiger partial charge < -0.3 is 14.6 Å². The molecule has 4 rings (SSSR count). The van der Waals surface area contributed by atoms with Gasteiger partial charge in [0.2, 0.25) is 0 Å². The molecular formula is C21H23N3O2. The number of rotatable bonds is 5. The normalized spacial score (nSPS) is 17.0. The Morgan fingerprint density at radius 1 is 1.23 bits per heavy atom. The molecular weight excluding hydrogens is 326 g/mol. The van der Waals surface area contributed by atoms with Crippen molar-refractivity contribution in [3.8, 4) is 5.75 Å². The Labute approximate surface area is 153 Å². The highest BCUT2D eigenvalue weighted by Crippen LogP contribution is 2.31. The van der Waals surface area contributed by atoms with Gasteiger partial charge in [-0.3, -0.25) is 4.79 Å². The molecule has 0 unspecified atom stereocenters. The molecule has 5 heteroatoms. The van der Waals surface area contributed by atoms with Crippen molar-refractivity contribution >= 4 is 16.9 Å². The summed E-state index contributed by atoms with van der Waals surface area (Å²) >= 11 is 0. The lowest BCUT2D eigenvalue weighted by Gasteiger charge is -2.23. The summed E-state index contributed by atoms with van der Waals surface area (Å²) in [6, 6.07) is 15.9. The Bertz CT molecular complexity index is 868. The van der Waals surface area contributed by atoms with Gasteiger partial charge in [-0.15, -0.1) is 0 Å². The van der Waals surface area contributed by atoms with Crippen molar-refractivity contribution in [1.82, 2.24) is 14.9 Å². The molecule has 1 aliphatic rings. The summed E-state index contributed by atoms with van der Waals surface area (Å²) in [4.78, 5) is 22.6. The predicted octanol–water partition coefficient (Wildman–Crippen LogP) is 3.87. The molecule has 1 fully saturated rings. The number of H-pyrrole nitrogens is 1. The Morgan fingerprint density at radius 2 is 2.04 bits per heavy atom. The van der Waals surface area contributed by atoms with E-state index in [1.54, 1.807) is 0 Å². The SMILES string of the molecule is CCc1ccc(OCC(=O)N2CCC[C@H]2c2nc3ccccc3[nH]2)cc1. The van der Waals surface area contributed by atoms with Gasteiger partial charge >= 0.3 is 0 Å². The molecule has 134 valence electrons. The Balaban J connectivity index is 1.44. The Morgan fingerprint density at radius 3 is 2.81 bits per heavy atom. The molecule has 1 saturated heterocycles. The minimum Gasteiger partial charge on any atom is -0.484 e. The largest absolute Gasteiger partial charge is 0.484 e. The molecule has 0 aliphatic carbocycles. The van der Waals surface area contributed by atoms with Crippen molar-refractivity contribution in [3.05, 3.63) is 59.9 Å². The smallest absolute Gasteiger partial charge is 0.261 e. The highest BCUT2D eigenvalue weighted by molar-refractivity contribution is 5.79. The number of nitrogens with one attached hydrogen (secondary N) is 1. The minimum absolute atomic E-state index is 0.000896. The molecule has 2 heterocycles. The highest BCUT2D eigenvalue weighted by Gasteiger charge is 2.32. The van der Waals surface area contributed by atoms with Crippen molar-refractivity contribution in [2.75, 3.05) is 13.2 Å². The lowest BCUT2D eigenvalue weighted by Crippen LogP contribution is -2.34. The third-order valence-corrected chi connectivity index (χ3v) is 4.99. The van der Waals surface area contributed by atoms with Gasteiger partial charge in [0.15, 0.2) is 6.61 Å². The molecule has 1 amide bonds. The van der Waals surface area contributed by atoms with Crippen LogP contribution in [-0.2, 0) is 11.2 Å². The van der Waals surface area contributed by atoms with E-state index in [2.05, 4.69) is 16.9 Å². The van der Waals surface area contributed by atoms with Crippen molar-refractivity contribution < 1.29 is 9.53 Å². The van der Waals surface area contributed by atoms with E-state index in [1.165, 1.54) is 5.56 Å². The van der Waals surface area contributed by atoms with Gasteiger partial charge in [-0.25, -0.2) is 4.98 Å². The molecule has 5 nitrogen and oxygen atoms in total. The molecule has 2 aromatic carbocycles. The molecule has 0 spiro atoms. The topological polar surface area (TPSA) is 58.2 Å². The van der Waals surface area contributed by atoms with Gasteiger partial charge in [0.1, 0.15) is 11.6 Å². The molecule has 1 aromatic heterocycles. The van der Waals surface area contributed by atoms with Crippen LogP contribution in [0, 0.1) is 0 Å². The van der Waals surface area contributed by atoms with Crippen molar-refractivity contribution in [3.63, 3.8) is 0 Å². The second-order valence-corrected chi connectivity index (χ2v) is 6.67. The van der Waals surface area contributed by atoms with E-state index < -0.39 is 0 Å². The van der Waals surface area contributed by atoms with Crippen LogP contribution in [0.5, 0.6) is 5.75 Å². The molecule has 0 bridgehead atoms. The third kappa shape index (κ3) is 3.29. The number of likely N-dealkylation sites (tertiary alicyclic amines) is 1. The van der Waals surface area contributed by atoms with Gasteiger partial charge in [0.05, 0.1) is 17.1 Å². The second kappa shape index (κ2) is 7.20. The van der Waals surface area contributed by atoms with E-state index in [0.717, 1.165) is 48.4 Å². The maximum absolute atomic E-state index is 12.7. The standard InChI is InChI=1S/C21H23N3O2/c1-2-15-9-11-16(12-10-15)26-14-20(25)24-13-5-8-19(24)21-22-17-6-3-4-7-18(17)23-21/h3-4,6-7,9-12,19H,2,5,8,13-14H2,1H3,(H,22,23)/t19-/m0/s1. The van der Waals surface area contributed by atoms with Crippen molar-refractivity contribution in [1.29, 1.82) is 0 Å². The number of ether oxygens (including phenoxy) is 1. The number of aryl methyl sites for hydroxylation is 1. The average Bonchev–Trinajstić information content (AvgIpc) is 3.32. The van der Waals surface area contributed by atoms with Gasteiger partial charge in [-0.05, 0) is 49.1 Å². The maximum atomic E-state index is 12.7. The first-order valence-corrected chi connectivity index (χ1v) is 9.20. The minimum atomic E-state index is 0.000896. The number of aromatic nitrogens is 2. The zero-order chi connectivity index (χ0) is 17.9. The van der Waals surface area contributed by atoms with Crippen LogP contribution in [-0.4, -0.2) is 33.9 Å². The first kappa shape index (κ1) is 16.6. The van der Waals surface area contributed by atoms with E-state index in [-0.39, 0.29) is 18.6 Å². The zero-order valence-electron chi connectivity index (χ0n) is 14.9. The molecule has 0 radical (unpaired) electrons. The van der Waals surface area contributed by atoms with Crippen LogP contribution in [0.2, 0.25) is 0 Å². The van der Waals surface area contributed by atoms with E-state index >= 15 is 0 Å². The lowest BCUT2D eigenvalue weighted by molar-refractivity contribution is -0.134. The number of para-hydroxylation sites is 2. The number of aromatic amines is 1. The first-order chi connectivity index (χ1) is 12.7. The number of imidazole rings is 1. The van der Waals surface area contributed by atoms with E-state index in [4.69, 9.17) is 4.74 Å². The number of fused-ring (bicyclic) bond motifs is 1. The Kier molecular flexibility index (Phi) is 4.61. The van der Waals surface area contributed by atoms with Gasteiger partial charge in [0.25, 0.3) is 5.91 Å². The number of benzene rings is 2. The van der Waals surface area contributed by atoms with Crippen LogP contribution in [0.25, 0.3) is 11.0 Å². The molecule has 0 saturated carbocycles. The van der Waals surface area contributed by atoms with E-state index in [0.29, 0.717) is 0 Å². The van der Waals surface area contributed by atoms with E-state index in [1.807, 2.05) is 53.4 Å². The van der Waals surface area contributed by atoms with Crippen molar-refractivity contribution in [2.24, 2.45) is 0 Å². The van der Waals surface area contributed by atoms with Crippen LogP contribution in [0.1, 0.15) is 37.2 Å². The van der Waals surface area contributed by atoms with Crippen LogP contribution in [0.15, 0.2) is 48.5 Å². The maximum Gasteiger partial charge on any atom is 0.261 e. The third-order valence-electron chi connectivity index (χ3n) is 4.99. The quantitative estimate of drug-likeness (QED) is 0.761. The molecule has 1 aliphatic heterocycles. The summed E-state index contributed by atoms with van der Waals surface area (Å²) in [5.41, 5.74) is 3.20. The number of hydrogen-bond acceptors (Lipinski definition) is 3. The fourth-order valence-electron chi connectivity index (χ4n) is 3.53. The van der Waals surface area contributed by atoms with Crippen molar-refractivity contribution in [2.45, 2.75) is 32.2 Å². The zero-order valence-corrected chi connectivity index (χ0v) is 14.9. The highest BCUT2D eigenvalue weighted by atomic mass is 16.5. The summed E-state index contributed by atoms with van der Waals surface area (Å²) in [6.45, 7) is 2.92. The molecule has 1 atom stereocenters. The average molecular weight is 349 g/mol. The summed E-state index contributed by atoms with van der Waals surface area (Å²) in [7, 11) is 0.